The maximum Gasteiger partial charge on any atom is 0.414 e. The molecule has 0 radical (unpaired) electrons. The summed E-state index contributed by atoms with van der Waals surface area (Å²) in [5, 5.41) is 16.3. The minimum atomic E-state index is -0.597. The first-order valence-corrected chi connectivity index (χ1v) is 9.64. The number of carbonyl (C=O) groups excluding carboxylic acids is 2. The number of amides is 2. The van der Waals surface area contributed by atoms with Gasteiger partial charge in [-0.3, -0.25) is 19.8 Å². The van der Waals surface area contributed by atoms with Crippen molar-refractivity contribution in [3.8, 4) is 0 Å². The maximum absolute atomic E-state index is 14.4. The van der Waals surface area contributed by atoms with E-state index in [0.717, 1.165) is 16.2 Å². The molecular weight excluding hydrogens is 403 g/mol. The molecule has 0 saturated carbocycles. The van der Waals surface area contributed by atoms with E-state index in [1.165, 1.54) is 30.0 Å². The Morgan fingerprint density at radius 2 is 2.21 bits per heavy atom. The summed E-state index contributed by atoms with van der Waals surface area (Å²) in [6.07, 6.45) is -0.579. The van der Waals surface area contributed by atoms with Gasteiger partial charge in [0.1, 0.15) is 11.9 Å². The Kier molecular flexibility index (Phi) is 6.27. The largest absolute Gasteiger partial charge is 0.442 e. The highest BCUT2D eigenvalue weighted by Gasteiger charge is 2.32. The Morgan fingerprint density at radius 3 is 2.86 bits per heavy atom. The summed E-state index contributed by atoms with van der Waals surface area (Å²) in [6.45, 7) is 2.18. The number of cyclic esters (lactones) is 1. The fourth-order valence-electron chi connectivity index (χ4n) is 2.83. The van der Waals surface area contributed by atoms with Crippen LogP contribution in [0.5, 0.6) is 0 Å². The van der Waals surface area contributed by atoms with E-state index in [0.29, 0.717) is 18.7 Å². The normalized spacial score (nSPS) is 15.9. The Labute approximate surface area is 169 Å². The number of benzene rings is 1. The van der Waals surface area contributed by atoms with Crippen molar-refractivity contribution in [3.05, 3.63) is 51.1 Å². The average Bonchev–Trinajstić information content (AvgIpc) is 3.28. The van der Waals surface area contributed by atoms with Gasteiger partial charge in [0.25, 0.3) is 0 Å². The Morgan fingerprint density at radius 1 is 1.41 bits per heavy atom. The third-order valence-electron chi connectivity index (χ3n) is 4.23. The molecule has 3 rings (SSSR count). The second-order valence-electron chi connectivity index (χ2n) is 6.39. The highest BCUT2D eigenvalue weighted by atomic mass is 32.1. The van der Waals surface area contributed by atoms with Crippen molar-refractivity contribution in [3.63, 3.8) is 0 Å². The highest BCUT2D eigenvalue weighted by molar-refractivity contribution is 7.15. The van der Waals surface area contributed by atoms with Crippen LogP contribution >= 0.6 is 11.3 Å². The number of nitro groups is 1. The number of halogens is 1. The SMILES string of the molecule is CC(=O)NC[C@H]1CN(c2ccc(NCCc3ccc([N+](=O)[O-])s3)c(F)c2)C(=O)O1. The number of nitrogens with zero attached hydrogens (tertiary/aromatic N) is 2. The molecule has 1 saturated heterocycles. The lowest BCUT2D eigenvalue weighted by Crippen LogP contribution is -2.33. The van der Waals surface area contributed by atoms with Gasteiger partial charge in [-0.15, -0.1) is 0 Å². The molecule has 0 spiro atoms. The van der Waals surface area contributed by atoms with Crippen molar-refractivity contribution in [1.82, 2.24) is 5.32 Å². The number of ether oxygens (including phenoxy) is 1. The van der Waals surface area contributed by atoms with Crippen LogP contribution in [0.4, 0.5) is 25.6 Å². The van der Waals surface area contributed by atoms with Crippen molar-refractivity contribution in [2.24, 2.45) is 0 Å². The minimum absolute atomic E-state index is 0.0739. The van der Waals surface area contributed by atoms with Crippen LogP contribution in [0.15, 0.2) is 30.3 Å². The number of thiophene rings is 1. The standard InChI is InChI=1S/C18H19FN4O5S/c1-11(24)21-9-13-10-22(18(25)28-13)12-2-4-16(15(19)8-12)20-7-6-14-3-5-17(29-14)23(26)27/h2-5,8,13,20H,6-7,9-10H2,1H3,(H,21,24)/t13-/m0/s1. The molecule has 9 nitrogen and oxygen atoms in total. The van der Waals surface area contributed by atoms with E-state index in [9.17, 15) is 24.1 Å². The van der Waals surface area contributed by atoms with Crippen LogP contribution in [0.25, 0.3) is 0 Å². The summed E-state index contributed by atoms with van der Waals surface area (Å²) in [4.78, 5) is 35.4. The summed E-state index contributed by atoms with van der Waals surface area (Å²) in [7, 11) is 0. The number of hydrogen-bond donors (Lipinski definition) is 2. The number of hydrogen-bond acceptors (Lipinski definition) is 7. The van der Waals surface area contributed by atoms with Crippen molar-refractivity contribution in [2.45, 2.75) is 19.4 Å². The molecule has 2 N–H and O–H groups in total. The molecule has 2 heterocycles. The molecule has 1 aromatic heterocycles. The molecule has 2 amide bonds. The molecule has 1 fully saturated rings. The van der Waals surface area contributed by atoms with Gasteiger partial charge in [0, 0.05) is 24.4 Å². The lowest BCUT2D eigenvalue weighted by Gasteiger charge is -2.15. The summed E-state index contributed by atoms with van der Waals surface area (Å²) in [5.74, 6) is -0.754. The van der Waals surface area contributed by atoms with Gasteiger partial charge in [-0.2, -0.15) is 0 Å². The average molecular weight is 422 g/mol. The van der Waals surface area contributed by atoms with Crippen LogP contribution in [0.3, 0.4) is 0 Å². The van der Waals surface area contributed by atoms with E-state index in [4.69, 9.17) is 4.74 Å². The van der Waals surface area contributed by atoms with Crippen molar-refractivity contribution in [1.29, 1.82) is 0 Å². The van der Waals surface area contributed by atoms with Gasteiger partial charge >= 0.3 is 11.1 Å². The zero-order chi connectivity index (χ0) is 21.0. The number of carbonyl (C=O) groups is 2. The first kappa shape index (κ1) is 20.5. The van der Waals surface area contributed by atoms with E-state index >= 15 is 0 Å². The van der Waals surface area contributed by atoms with Gasteiger partial charge < -0.3 is 15.4 Å². The predicted octanol–water partition coefficient (Wildman–Crippen LogP) is 2.91. The number of nitrogens with one attached hydrogen (secondary N) is 2. The van der Waals surface area contributed by atoms with Crippen molar-refractivity contribution >= 4 is 39.7 Å². The summed E-state index contributed by atoms with van der Waals surface area (Å²) < 4.78 is 19.6. The molecule has 0 bridgehead atoms. The minimum Gasteiger partial charge on any atom is -0.442 e. The van der Waals surface area contributed by atoms with E-state index < -0.39 is 22.9 Å². The molecule has 154 valence electrons. The lowest BCUT2D eigenvalue weighted by atomic mass is 10.2. The van der Waals surface area contributed by atoms with Crippen LogP contribution in [-0.2, 0) is 16.0 Å². The van der Waals surface area contributed by atoms with Gasteiger partial charge in [0.05, 0.1) is 29.4 Å². The topological polar surface area (TPSA) is 114 Å². The summed E-state index contributed by atoms with van der Waals surface area (Å²) >= 11 is 1.09. The molecule has 1 aliphatic heterocycles. The highest BCUT2D eigenvalue weighted by Crippen LogP contribution is 2.27. The Bertz CT molecular complexity index is 935. The van der Waals surface area contributed by atoms with Gasteiger partial charge in [-0.05, 0) is 30.7 Å². The van der Waals surface area contributed by atoms with Crippen molar-refractivity contribution < 1.29 is 23.6 Å². The molecule has 0 unspecified atom stereocenters. The quantitative estimate of drug-likeness (QED) is 0.499. The molecule has 0 aliphatic carbocycles. The molecule has 2 aromatic rings. The lowest BCUT2D eigenvalue weighted by molar-refractivity contribution is -0.380. The van der Waals surface area contributed by atoms with Gasteiger partial charge in [-0.1, -0.05) is 11.3 Å². The maximum atomic E-state index is 14.4. The van der Waals surface area contributed by atoms with E-state index in [1.807, 2.05) is 0 Å². The van der Waals surface area contributed by atoms with E-state index in [-0.39, 0.29) is 29.7 Å². The third kappa shape index (κ3) is 5.19. The number of rotatable bonds is 8. The zero-order valence-corrected chi connectivity index (χ0v) is 16.3. The van der Waals surface area contributed by atoms with Crippen LogP contribution in [0, 0.1) is 15.9 Å². The monoisotopic (exact) mass is 422 g/mol. The third-order valence-corrected chi connectivity index (χ3v) is 5.33. The molecule has 11 heteroatoms. The molecule has 1 aliphatic rings. The van der Waals surface area contributed by atoms with Crippen molar-refractivity contribution in [2.75, 3.05) is 29.9 Å². The fraction of sp³-hybridized carbons (Fsp3) is 0.333. The van der Waals surface area contributed by atoms with Gasteiger partial charge in [0.15, 0.2) is 0 Å². The summed E-state index contributed by atoms with van der Waals surface area (Å²) in [6, 6.07) is 7.49. The second kappa shape index (κ2) is 8.86. The zero-order valence-electron chi connectivity index (χ0n) is 15.5. The van der Waals surface area contributed by atoms with Crippen LogP contribution in [0.2, 0.25) is 0 Å². The Hall–Kier alpha value is -3.21. The smallest absolute Gasteiger partial charge is 0.414 e. The van der Waals surface area contributed by atoms with E-state index in [1.54, 1.807) is 12.1 Å². The van der Waals surface area contributed by atoms with Crippen LogP contribution < -0.4 is 15.5 Å². The van der Waals surface area contributed by atoms with E-state index in [2.05, 4.69) is 10.6 Å². The van der Waals surface area contributed by atoms with Crippen LogP contribution in [-0.4, -0.2) is 42.7 Å². The summed E-state index contributed by atoms with van der Waals surface area (Å²) in [5.41, 5.74) is 0.624. The molecule has 1 atom stereocenters. The first-order chi connectivity index (χ1) is 13.8. The second-order valence-corrected chi connectivity index (χ2v) is 7.54. The van der Waals surface area contributed by atoms with Gasteiger partial charge in [0.2, 0.25) is 5.91 Å². The molecular formula is C18H19FN4O5S. The fourth-order valence-corrected chi connectivity index (χ4v) is 3.65. The van der Waals surface area contributed by atoms with Crippen LogP contribution in [0.1, 0.15) is 11.8 Å². The molecule has 29 heavy (non-hydrogen) atoms. The first-order valence-electron chi connectivity index (χ1n) is 8.82. The van der Waals surface area contributed by atoms with Gasteiger partial charge in [-0.25, -0.2) is 9.18 Å². The predicted molar refractivity (Wildman–Crippen MR) is 106 cm³/mol. The Balaban J connectivity index is 1.56. The number of anilines is 2. The molecule has 1 aromatic carbocycles.